The molecule has 3 heterocycles. The lowest BCUT2D eigenvalue weighted by molar-refractivity contribution is -0.150. The Bertz CT molecular complexity index is 1890. The highest BCUT2D eigenvalue weighted by Crippen LogP contribution is 2.46. The summed E-state index contributed by atoms with van der Waals surface area (Å²) in [4.78, 5) is 38.7. The summed E-state index contributed by atoms with van der Waals surface area (Å²) in [7, 11) is 0. The summed E-state index contributed by atoms with van der Waals surface area (Å²) in [6, 6.07) is 12.6. The highest BCUT2D eigenvalue weighted by molar-refractivity contribution is 6.33. The van der Waals surface area contributed by atoms with Crippen LogP contribution in [-0.2, 0) is 19.9 Å². The highest BCUT2D eigenvalue weighted by atomic mass is 35.5. The molecule has 0 radical (unpaired) electrons. The van der Waals surface area contributed by atoms with E-state index >= 15 is 0 Å². The van der Waals surface area contributed by atoms with Gasteiger partial charge < -0.3 is 10.5 Å². The van der Waals surface area contributed by atoms with Gasteiger partial charge in [0, 0.05) is 22.7 Å². The number of hydrogen-bond acceptors (Lipinski definition) is 8. The number of guanidine groups is 1. The highest BCUT2D eigenvalue weighted by Gasteiger charge is 2.53. The molecule has 6 rings (SSSR count). The van der Waals surface area contributed by atoms with E-state index in [1.165, 1.54) is 18.2 Å². The van der Waals surface area contributed by atoms with E-state index in [0.29, 0.717) is 40.0 Å². The van der Waals surface area contributed by atoms with Gasteiger partial charge in [-0.25, -0.2) is 14.4 Å². The lowest BCUT2D eigenvalue weighted by atomic mass is 9.75. The van der Waals surface area contributed by atoms with Crippen LogP contribution in [0.3, 0.4) is 0 Å². The SMILES string of the molecule is CC(F)C(C)(C)CC(=O)OC[C@H](c1ccc(Cl)c(-c2ncn[nH]2)c1)N1C(=O)[C@@](CC(C)(C)C)(c2ccc(-c3cnn(C4CC4)c3)cc2)N=C1N. The number of nitrogens with zero attached hydrogens (tertiary/aromatic N) is 6. The molecule has 1 unspecified atom stereocenters. The van der Waals surface area contributed by atoms with Crippen LogP contribution in [0.1, 0.15) is 90.4 Å². The second-order valence-corrected chi connectivity index (χ2v) is 15.7. The van der Waals surface area contributed by atoms with Crippen molar-refractivity contribution in [3.8, 4) is 22.5 Å². The van der Waals surface area contributed by atoms with Crippen LogP contribution >= 0.6 is 11.6 Å². The molecule has 50 heavy (non-hydrogen) atoms. The molecule has 11 nitrogen and oxygen atoms in total. The first kappa shape index (κ1) is 35.3. The number of halogens is 2. The number of benzene rings is 2. The third-order valence-electron chi connectivity index (χ3n) is 9.57. The van der Waals surface area contributed by atoms with E-state index in [-0.39, 0.29) is 30.3 Å². The van der Waals surface area contributed by atoms with Gasteiger partial charge in [-0.15, -0.1) is 0 Å². The van der Waals surface area contributed by atoms with Crippen molar-refractivity contribution in [1.29, 1.82) is 0 Å². The second kappa shape index (κ2) is 13.3. The molecule has 0 saturated heterocycles. The molecule has 1 fully saturated rings. The zero-order valence-electron chi connectivity index (χ0n) is 29.3. The van der Waals surface area contributed by atoms with Crippen molar-refractivity contribution in [2.24, 2.45) is 21.6 Å². The summed E-state index contributed by atoms with van der Waals surface area (Å²) in [5, 5.41) is 11.7. The van der Waals surface area contributed by atoms with Crippen molar-refractivity contribution in [2.75, 3.05) is 6.61 Å². The summed E-state index contributed by atoms with van der Waals surface area (Å²) in [5.41, 5.74) is 7.84. The Kier molecular flexibility index (Phi) is 9.36. The first-order chi connectivity index (χ1) is 23.6. The maximum Gasteiger partial charge on any atom is 0.306 e. The molecule has 13 heteroatoms. The van der Waals surface area contributed by atoms with Crippen LogP contribution in [0.25, 0.3) is 22.5 Å². The van der Waals surface area contributed by atoms with E-state index in [1.54, 1.807) is 32.0 Å². The molecule has 2 aliphatic rings. The molecular formula is C37H44ClFN8O3. The molecule has 264 valence electrons. The molecule has 3 atom stereocenters. The van der Waals surface area contributed by atoms with Crippen LogP contribution in [0.2, 0.25) is 5.02 Å². The maximum absolute atomic E-state index is 15.0. The molecule has 1 saturated carbocycles. The number of esters is 1. The zero-order valence-corrected chi connectivity index (χ0v) is 30.0. The summed E-state index contributed by atoms with van der Waals surface area (Å²) >= 11 is 6.57. The van der Waals surface area contributed by atoms with Gasteiger partial charge in [-0.05, 0) is 60.4 Å². The van der Waals surface area contributed by atoms with Crippen molar-refractivity contribution in [3.05, 3.63) is 77.3 Å². The number of nitrogens with two attached hydrogens (primary N) is 1. The van der Waals surface area contributed by atoms with E-state index in [4.69, 9.17) is 27.1 Å². The van der Waals surface area contributed by atoms with E-state index in [2.05, 4.69) is 26.5 Å². The van der Waals surface area contributed by atoms with Crippen LogP contribution in [0.4, 0.5) is 4.39 Å². The average Bonchev–Trinajstić information content (AvgIpc) is 3.42. The third kappa shape index (κ3) is 7.17. The lowest BCUT2D eigenvalue weighted by Gasteiger charge is -2.35. The average molecular weight is 703 g/mol. The number of aromatic amines is 1. The second-order valence-electron chi connectivity index (χ2n) is 15.3. The van der Waals surface area contributed by atoms with Gasteiger partial charge >= 0.3 is 5.97 Å². The number of ether oxygens (including phenoxy) is 1. The number of carbonyl (C=O) groups excluding carboxylic acids is 2. The lowest BCUT2D eigenvalue weighted by Crippen LogP contribution is -2.47. The van der Waals surface area contributed by atoms with Gasteiger partial charge in [0.1, 0.15) is 19.1 Å². The smallest absolute Gasteiger partial charge is 0.306 e. The van der Waals surface area contributed by atoms with Crippen LogP contribution in [0.5, 0.6) is 0 Å². The predicted molar refractivity (Wildman–Crippen MR) is 190 cm³/mol. The molecule has 0 bridgehead atoms. The fourth-order valence-electron chi connectivity index (χ4n) is 6.36. The van der Waals surface area contributed by atoms with Gasteiger partial charge in [0.05, 0.1) is 29.7 Å². The van der Waals surface area contributed by atoms with Gasteiger partial charge in [0.15, 0.2) is 17.3 Å². The number of aromatic nitrogens is 5. The number of aliphatic imine (C=N–C) groups is 1. The number of hydrogen-bond donors (Lipinski definition) is 2. The summed E-state index contributed by atoms with van der Waals surface area (Å²) in [5.74, 6) is -0.541. The van der Waals surface area contributed by atoms with Crippen LogP contribution in [-0.4, -0.2) is 60.5 Å². The molecule has 0 spiro atoms. The standard InChI is InChI=1S/C37H44ClFN8O3/c1-22(39)36(5,6)16-31(48)50-19-30(24-9-14-29(38)28(15-24)32-41-21-42-45-32)47-33(49)37(44-34(47)40,20-35(2,3)4)26-10-7-23(8-11-26)25-17-43-46(18-25)27-12-13-27/h7-11,14-15,17-18,21-22,27,30H,12-13,16,19-20H2,1-6H3,(H2,40,44)(H,41,42,45)/t22?,30-,37-/m1/s1. The summed E-state index contributed by atoms with van der Waals surface area (Å²) in [6.07, 6.45) is 6.51. The fourth-order valence-corrected chi connectivity index (χ4v) is 6.57. The van der Waals surface area contributed by atoms with Crippen LogP contribution < -0.4 is 5.73 Å². The van der Waals surface area contributed by atoms with Gasteiger partial charge in [-0.2, -0.15) is 10.2 Å². The van der Waals surface area contributed by atoms with Gasteiger partial charge in [-0.1, -0.05) is 76.6 Å². The van der Waals surface area contributed by atoms with Gasteiger partial charge in [0.2, 0.25) is 0 Å². The molecule has 2 aromatic heterocycles. The topological polar surface area (TPSA) is 144 Å². The van der Waals surface area contributed by atoms with E-state index < -0.39 is 29.1 Å². The number of carbonyl (C=O) groups is 2. The molecule has 4 aromatic rings. The molecule has 2 aromatic carbocycles. The van der Waals surface area contributed by atoms with Crippen molar-refractivity contribution < 1.29 is 18.7 Å². The molecule has 1 aliphatic carbocycles. The normalized spacial score (nSPS) is 19.4. The van der Waals surface area contributed by atoms with Crippen molar-refractivity contribution in [1.82, 2.24) is 29.9 Å². The fraction of sp³-hybridized carbons (Fsp3) is 0.459. The Morgan fingerprint density at radius 2 is 1.86 bits per heavy atom. The summed E-state index contributed by atoms with van der Waals surface area (Å²) < 4.78 is 22.1. The zero-order chi connectivity index (χ0) is 36.0. The molecule has 3 N–H and O–H groups in total. The number of nitrogens with one attached hydrogen (secondary N) is 1. The van der Waals surface area contributed by atoms with Crippen LogP contribution in [0, 0.1) is 10.8 Å². The Morgan fingerprint density at radius 3 is 2.48 bits per heavy atom. The number of rotatable bonds is 12. The molecule has 1 amide bonds. The van der Waals surface area contributed by atoms with Gasteiger partial charge in [-0.3, -0.25) is 24.3 Å². The largest absolute Gasteiger partial charge is 0.463 e. The summed E-state index contributed by atoms with van der Waals surface area (Å²) in [6.45, 7) is 10.6. The Hall–Kier alpha value is -4.58. The predicted octanol–water partition coefficient (Wildman–Crippen LogP) is 7.17. The maximum atomic E-state index is 15.0. The van der Waals surface area contributed by atoms with E-state index in [1.807, 2.05) is 55.9 Å². The van der Waals surface area contributed by atoms with Crippen molar-refractivity contribution in [3.63, 3.8) is 0 Å². The quantitative estimate of drug-likeness (QED) is 0.149. The van der Waals surface area contributed by atoms with E-state index in [9.17, 15) is 14.0 Å². The Labute approximate surface area is 296 Å². The van der Waals surface area contributed by atoms with E-state index in [0.717, 1.165) is 24.0 Å². The van der Waals surface area contributed by atoms with Crippen LogP contribution in [0.15, 0.2) is 66.2 Å². The first-order valence-corrected chi connectivity index (χ1v) is 17.2. The Balaban J connectivity index is 1.37. The minimum absolute atomic E-state index is 0.0102. The Morgan fingerprint density at radius 1 is 1.14 bits per heavy atom. The number of alkyl halides is 1. The minimum atomic E-state index is -1.35. The number of amides is 1. The molecular weight excluding hydrogens is 659 g/mol. The monoisotopic (exact) mass is 702 g/mol. The van der Waals surface area contributed by atoms with Crippen molar-refractivity contribution >= 4 is 29.4 Å². The minimum Gasteiger partial charge on any atom is -0.463 e. The van der Waals surface area contributed by atoms with Crippen molar-refractivity contribution in [2.45, 2.75) is 91.0 Å². The van der Waals surface area contributed by atoms with Gasteiger partial charge in [0.25, 0.3) is 5.91 Å². The number of H-pyrrole nitrogens is 1. The molecule has 1 aliphatic heterocycles. The first-order valence-electron chi connectivity index (χ1n) is 16.9. The third-order valence-corrected chi connectivity index (χ3v) is 9.89.